The molecule has 2 rings (SSSR count). The van der Waals surface area contributed by atoms with Crippen molar-refractivity contribution in [2.75, 3.05) is 6.61 Å². The number of nitrogens with zero attached hydrogens (tertiary/aromatic N) is 1. The summed E-state index contributed by atoms with van der Waals surface area (Å²) in [5.74, 6) is 0.754. The number of hydrogen-bond acceptors (Lipinski definition) is 4. The lowest BCUT2D eigenvalue weighted by molar-refractivity contribution is 0.250. The first-order valence-electron chi connectivity index (χ1n) is 5.08. The smallest absolute Gasteiger partial charge is 0.0959 e. The Kier molecular flexibility index (Phi) is 3.15. The van der Waals surface area contributed by atoms with Gasteiger partial charge < -0.3 is 10.4 Å². The lowest BCUT2D eigenvalue weighted by Crippen LogP contribution is -2.28. The van der Waals surface area contributed by atoms with Crippen LogP contribution in [0.15, 0.2) is 5.38 Å². The molecule has 0 aromatic carbocycles. The van der Waals surface area contributed by atoms with Crippen LogP contribution >= 0.6 is 11.3 Å². The molecular weight excluding hydrogens is 196 g/mol. The molecule has 1 aromatic rings. The van der Waals surface area contributed by atoms with Crippen molar-refractivity contribution >= 4 is 11.3 Å². The maximum absolute atomic E-state index is 8.84. The Balaban J connectivity index is 1.83. The number of nitrogens with one attached hydrogen (secondary N) is 1. The second-order valence-corrected chi connectivity index (χ2v) is 4.81. The summed E-state index contributed by atoms with van der Waals surface area (Å²) >= 11 is 1.77. The predicted octanol–water partition coefficient (Wildman–Crippen LogP) is 1.49. The van der Waals surface area contributed by atoms with Gasteiger partial charge in [-0.1, -0.05) is 0 Å². The fourth-order valence-corrected chi connectivity index (χ4v) is 2.26. The molecule has 0 aliphatic heterocycles. The van der Waals surface area contributed by atoms with E-state index in [4.69, 9.17) is 5.11 Å². The molecule has 78 valence electrons. The third-order valence-electron chi connectivity index (χ3n) is 2.40. The lowest BCUT2D eigenvalue weighted by Gasteiger charge is -2.08. The highest BCUT2D eigenvalue weighted by atomic mass is 32.1. The van der Waals surface area contributed by atoms with Gasteiger partial charge in [-0.3, -0.25) is 0 Å². The van der Waals surface area contributed by atoms with Crippen LogP contribution in [-0.2, 0) is 6.54 Å². The van der Waals surface area contributed by atoms with Crippen molar-refractivity contribution in [3.05, 3.63) is 16.1 Å². The first kappa shape index (κ1) is 10.1. The van der Waals surface area contributed by atoms with E-state index in [1.165, 1.54) is 17.8 Å². The quantitative estimate of drug-likeness (QED) is 0.777. The molecule has 0 spiro atoms. The van der Waals surface area contributed by atoms with Gasteiger partial charge in [0, 0.05) is 23.9 Å². The molecule has 3 nitrogen and oxygen atoms in total. The van der Waals surface area contributed by atoms with E-state index in [9.17, 15) is 0 Å². The van der Waals surface area contributed by atoms with Crippen LogP contribution in [0.4, 0.5) is 0 Å². The first-order valence-corrected chi connectivity index (χ1v) is 5.96. The molecule has 1 aliphatic carbocycles. The summed E-state index contributed by atoms with van der Waals surface area (Å²) < 4.78 is 0. The summed E-state index contributed by atoms with van der Waals surface area (Å²) in [6.45, 7) is 2.92. The molecule has 4 heteroatoms. The average molecular weight is 212 g/mol. The maximum atomic E-state index is 8.84. The van der Waals surface area contributed by atoms with Crippen molar-refractivity contribution in [1.82, 2.24) is 10.3 Å². The molecule has 0 saturated heterocycles. The minimum atomic E-state index is 0.154. The molecule has 1 aromatic heterocycles. The van der Waals surface area contributed by atoms with Crippen LogP contribution in [0.25, 0.3) is 0 Å². The van der Waals surface area contributed by atoms with Gasteiger partial charge in [-0.2, -0.15) is 0 Å². The van der Waals surface area contributed by atoms with Crippen molar-refractivity contribution in [3.63, 3.8) is 0 Å². The van der Waals surface area contributed by atoms with E-state index in [1.807, 2.05) is 6.92 Å². The van der Waals surface area contributed by atoms with Crippen molar-refractivity contribution in [2.45, 2.75) is 38.3 Å². The average Bonchev–Trinajstić information content (AvgIpc) is 2.95. The van der Waals surface area contributed by atoms with Gasteiger partial charge in [-0.25, -0.2) is 4.98 Å². The van der Waals surface area contributed by atoms with Crippen molar-refractivity contribution in [3.8, 4) is 0 Å². The Morgan fingerprint density at radius 2 is 2.50 bits per heavy atom. The Hall–Kier alpha value is -0.450. The van der Waals surface area contributed by atoms with Gasteiger partial charge in [-0.05, 0) is 19.8 Å². The topological polar surface area (TPSA) is 45.1 Å². The predicted molar refractivity (Wildman–Crippen MR) is 57.5 cm³/mol. The number of aliphatic hydroxyl groups excluding tert-OH is 1. The molecule has 2 N–H and O–H groups in total. The van der Waals surface area contributed by atoms with Crippen LogP contribution < -0.4 is 5.32 Å². The summed E-state index contributed by atoms with van der Waals surface area (Å²) in [6, 6.07) is 0.154. The van der Waals surface area contributed by atoms with Crippen LogP contribution in [0, 0.1) is 0 Å². The molecule has 0 unspecified atom stereocenters. The number of rotatable bonds is 5. The molecule has 0 radical (unpaired) electrons. The lowest BCUT2D eigenvalue weighted by atomic mass is 10.3. The number of aromatic nitrogens is 1. The molecule has 1 saturated carbocycles. The number of aliphatic hydroxyl groups is 1. The summed E-state index contributed by atoms with van der Waals surface area (Å²) in [5.41, 5.74) is 1.11. The molecule has 1 aliphatic rings. The third kappa shape index (κ3) is 2.53. The van der Waals surface area contributed by atoms with E-state index in [1.54, 1.807) is 11.3 Å². The zero-order valence-corrected chi connectivity index (χ0v) is 9.18. The maximum Gasteiger partial charge on any atom is 0.0959 e. The minimum absolute atomic E-state index is 0.154. The van der Waals surface area contributed by atoms with E-state index in [-0.39, 0.29) is 12.6 Å². The van der Waals surface area contributed by atoms with Crippen LogP contribution in [0.3, 0.4) is 0 Å². The Labute approximate surface area is 88.2 Å². The fraction of sp³-hybridized carbons (Fsp3) is 0.700. The minimum Gasteiger partial charge on any atom is -0.395 e. The van der Waals surface area contributed by atoms with Crippen molar-refractivity contribution < 1.29 is 5.11 Å². The fourth-order valence-electron chi connectivity index (χ4n) is 1.26. The summed E-state index contributed by atoms with van der Waals surface area (Å²) in [6.07, 6.45) is 2.63. The van der Waals surface area contributed by atoms with Gasteiger partial charge in [-0.15, -0.1) is 11.3 Å². The molecule has 0 bridgehead atoms. The molecular formula is C10H16N2OS. The van der Waals surface area contributed by atoms with Crippen molar-refractivity contribution in [1.29, 1.82) is 0 Å². The van der Waals surface area contributed by atoms with Crippen LogP contribution in [-0.4, -0.2) is 22.7 Å². The monoisotopic (exact) mass is 212 g/mol. The zero-order valence-electron chi connectivity index (χ0n) is 8.36. The molecule has 1 fully saturated rings. The Morgan fingerprint density at radius 1 is 1.71 bits per heavy atom. The van der Waals surface area contributed by atoms with Crippen LogP contribution in [0.2, 0.25) is 0 Å². The van der Waals surface area contributed by atoms with Gasteiger partial charge in [0.05, 0.1) is 17.3 Å². The highest BCUT2D eigenvalue weighted by molar-refractivity contribution is 7.09. The Bertz CT molecular complexity index is 296. The van der Waals surface area contributed by atoms with Gasteiger partial charge in [0.25, 0.3) is 0 Å². The first-order chi connectivity index (χ1) is 6.79. The van der Waals surface area contributed by atoms with Gasteiger partial charge in [0.1, 0.15) is 0 Å². The molecule has 1 heterocycles. The standard InChI is InChI=1S/C10H16N2OS/c1-7(5-13)11-4-9-6-14-10(12-9)8-2-3-8/h6-8,11,13H,2-5H2,1H3/t7-/m0/s1. The van der Waals surface area contributed by atoms with Crippen LogP contribution in [0.1, 0.15) is 36.4 Å². The van der Waals surface area contributed by atoms with E-state index in [2.05, 4.69) is 15.7 Å². The number of hydrogen-bond donors (Lipinski definition) is 2. The van der Waals surface area contributed by atoms with E-state index in [0.29, 0.717) is 0 Å². The van der Waals surface area contributed by atoms with Gasteiger partial charge in [0.15, 0.2) is 0 Å². The summed E-state index contributed by atoms with van der Waals surface area (Å²) in [7, 11) is 0. The van der Waals surface area contributed by atoms with E-state index < -0.39 is 0 Å². The highest BCUT2D eigenvalue weighted by Gasteiger charge is 2.26. The van der Waals surface area contributed by atoms with Crippen LogP contribution in [0.5, 0.6) is 0 Å². The summed E-state index contributed by atoms with van der Waals surface area (Å²) in [5, 5.41) is 15.5. The van der Waals surface area contributed by atoms with E-state index in [0.717, 1.165) is 18.2 Å². The second kappa shape index (κ2) is 4.38. The molecule has 14 heavy (non-hydrogen) atoms. The molecule has 1 atom stereocenters. The highest BCUT2D eigenvalue weighted by Crippen LogP contribution is 2.41. The Morgan fingerprint density at radius 3 is 3.14 bits per heavy atom. The number of thiazole rings is 1. The van der Waals surface area contributed by atoms with Gasteiger partial charge >= 0.3 is 0 Å². The molecule has 0 amide bonds. The van der Waals surface area contributed by atoms with E-state index >= 15 is 0 Å². The second-order valence-electron chi connectivity index (χ2n) is 3.92. The zero-order chi connectivity index (χ0) is 9.97. The SMILES string of the molecule is C[C@@H](CO)NCc1csc(C2CC2)n1. The largest absolute Gasteiger partial charge is 0.395 e. The van der Waals surface area contributed by atoms with Crippen molar-refractivity contribution in [2.24, 2.45) is 0 Å². The normalized spacial score (nSPS) is 18.4. The third-order valence-corrected chi connectivity index (χ3v) is 3.46. The summed E-state index contributed by atoms with van der Waals surface area (Å²) in [4.78, 5) is 4.55. The van der Waals surface area contributed by atoms with Gasteiger partial charge in [0.2, 0.25) is 0 Å².